The van der Waals surface area contributed by atoms with Crippen molar-refractivity contribution in [3.8, 4) is 0 Å². The van der Waals surface area contributed by atoms with Gasteiger partial charge in [-0.05, 0) is 36.2 Å². The molecule has 4 rings (SSSR count). The highest BCUT2D eigenvalue weighted by Gasteiger charge is 2.46. The van der Waals surface area contributed by atoms with Gasteiger partial charge in [0.2, 0.25) is 5.91 Å². The van der Waals surface area contributed by atoms with E-state index in [0.717, 1.165) is 6.07 Å². The van der Waals surface area contributed by atoms with Gasteiger partial charge in [-0.2, -0.15) is 0 Å². The standard InChI is InChI=1S/C24H25F4N5O3/c1-14(22(35)31-21-11-32(13-30-21)9-15-4-18(25)7-19(26)5-15)33-3-2-24(27,28)20(10-33)16-6-17(12-34)23(36)29-8-16/h4-8,11,13-14,20,34H,2-3,9-10,12H2,1H3,(H,29,36)(H,31,35)/t14-,20-/m0/s1. The van der Waals surface area contributed by atoms with E-state index in [1.165, 1.54) is 36.9 Å². The number of aliphatic hydroxyl groups is 1. The van der Waals surface area contributed by atoms with Crippen molar-refractivity contribution in [1.82, 2.24) is 19.4 Å². The van der Waals surface area contributed by atoms with Crippen LogP contribution in [0.25, 0.3) is 0 Å². The number of alkyl halides is 2. The van der Waals surface area contributed by atoms with E-state index in [2.05, 4.69) is 15.3 Å². The molecule has 36 heavy (non-hydrogen) atoms. The number of piperidine rings is 1. The zero-order valence-corrected chi connectivity index (χ0v) is 19.3. The molecule has 0 aliphatic carbocycles. The molecule has 3 aromatic rings. The maximum Gasteiger partial charge on any atom is 0.257 e. The summed E-state index contributed by atoms with van der Waals surface area (Å²) < 4.78 is 57.9. The smallest absolute Gasteiger partial charge is 0.257 e. The fourth-order valence-electron chi connectivity index (χ4n) is 4.32. The molecule has 3 heterocycles. The molecule has 1 saturated heterocycles. The number of nitrogens with zero attached hydrogens (tertiary/aromatic N) is 3. The van der Waals surface area contributed by atoms with Crippen LogP contribution in [-0.4, -0.2) is 55.5 Å². The summed E-state index contributed by atoms with van der Waals surface area (Å²) in [6.45, 7) is 0.982. The third-order valence-electron chi connectivity index (χ3n) is 6.33. The molecule has 0 spiro atoms. The Labute approximate surface area is 203 Å². The molecule has 2 aromatic heterocycles. The summed E-state index contributed by atoms with van der Waals surface area (Å²) in [4.78, 5) is 32.6. The van der Waals surface area contributed by atoms with Gasteiger partial charge in [-0.25, -0.2) is 22.5 Å². The number of aliphatic hydroxyl groups excluding tert-OH is 1. The number of hydrogen-bond acceptors (Lipinski definition) is 5. The number of amides is 1. The van der Waals surface area contributed by atoms with Gasteiger partial charge in [-0.3, -0.25) is 14.5 Å². The fraction of sp³-hybridized carbons (Fsp3) is 0.375. The molecule has 1 aromatic carbocycles. The van der Waals surface area contributed by atoms with Crippen molar-refractivity contribution in [3.05, 3.63) is 81.7 Å². The second-order valence-corrected chi connectivity index (χ2v) is 8.88. The van der Waals surface area contributed by atoms with E-state index in [4.69, 9.17) is 0 Å². The Balaban J connectivity index is 1.42. The molecule has 0 unspecified atom stereocenters. The Morgan fingerprint density at radius 2 is 2.00 bits per heavy atom. The van der Waals surface area contributed by atoms with E-state index in [1.807, 2.05) is 0 Å². The maximum absolute atomic E-state index is 14.8. The number of aromatic amines is 1. The highest BCUT2D eigenvalue weighted by atomic mass is 19.3. The first-order valence-electron chi connectivity index (χ1n) is 11.3. The predicted octanol–water partition coefficient (Wildman–Crippen LogP) is 2.84. The van der Waals surface area contributed by atoms with Crippen molar-refractivity contribution < 1.29 is 27.5 Å². The predicted molar refractivity (Wildman–Crippen MR) is 123 cm³/mol. The summed E-state index contributed by atoms with van der Waals surface area (Å²) in [5, 5.41) is 12.0. The number of carbonyl (C=O) groups excluding carboxylic acids is 1. The lowest BCUT2D eigenvalue weighted by Crippen LogP contribution is -2.52. The Hall–Kier alpha value is -3.51. The van der Waals surface area contributed by atoms with Gasteiger partial charge < -0.3 is 20.0 Å². The molecule has 192 valence electrons. The fourth-order valence-corrected chi connectivity index (χ4v) is 4.32. The van der Waals surface area contributed by atoms with Crippen molar-refractivity contribution in [2.24, 2.45) is 0 Å². The molecule has 8 nitrogen and oxygen atoms in total. The summed E-state index contributed by atoms with van der Waals surface area (Å²) in [7, 11) is 0. The Morgan fingerprint density at radius 1 is 1.28 bits per heavy atom. The summed E-state index contributed by atoms with van der Waals surface area (Å²) in [6, 6.07) is 3.65. The topological polar surface area (TPSA) is 103 Å². The van der Waals surface area contributed by atoms with Gasteiger partial charge in [0.05, 0.1) is 24.9 Å². The van der Waals surface area contributed by atoms with Crippen molar-refractivity contribution in [2.45, 2.75) is 44.4 Å². The number of pyridine rings is 1. The quantitative estimate of drug-likeness (QED) is 0.427. The molecule has 0 radical (unpaired) electrons. The van der Waals surface area contributed by atoms with Crippen LogP contribution in [0.4, 0.5) is 23.4 Å². The lowest BCUT2D eigenvalue weighted by molar-refractivity contribution is -0.125. The second kappa shape index (κ2) is 10.2. The van der Waals surface area contributed by atoms with Crippen LogP contribution in [0.5, 0.6) is 0 Å². The number of halogens is 4. The normalized spacial score (nSPS) is 18.7. The van der Waals surface area contributed by atoms with Gasteiger partial charge in [0.1, 0.15) is 11.6 Å². The maximum atomic E-state index is 14.8. The average Bonchev–Trinajstić information content (AvgIpc) is 3.24. The summed E-state index contributed by atoms with van der Waals surface area (Å²) in [6.07, 6.45) is 3.62. The third kappa shape index (κ3) is 5.65. The minimum atomic E-state index is -3.06. The van der Waals surface area contributed by atoms with Gasteiger partial charge in [0.15, 0.2) is 5.82 Å². The number of rotatable bonds is 7. The summed E-state index contributed by atoms with van der Waals surface area (Å²) in [5.74, 6) is -6.00. The third-order valence-corrected chi connectivity index (χ3v) is 6.33. The zero-order valence-electron chi connectivity index (χ0n) is 19.3. The highest BCUT2D eigenvalue weighted by molar-refractivity contribution is 5.93. The largest absolute Gasteiger partial charge is 0.391 e. The van der Waals surface area contributed by atoms with Crippen molar-refractivity contribution in [1.29, 1.82) is 0 Å². The first kappa shape index (κ1) is 25.6. The second-order valence-electron chi connectivity index (χ2n) is 8.88. The summed E-state index contributed by atoms with van der Waals surface area (Å²) >= 11 is 0. The number of imidazole rings is 1. The van der Waals surface area contributed by atoms with Crippen LogP contribution in [0.1, 0.15) is 36.0 Å². The number of hydrogen-bond donors (Lipinski definition) is 3. The average molecular weight is 507 g/mol. The molecule has 1 aliphatic rings. The van der Waals surface area contributed by atoms with Crippen LogP contribution in [-0.2, 0) is 17.9 Å². The van der Waals surface area contributed by atoms with E-state index in [-0.39, 0.29) is 36.6 Å². The zero-order chi connectivity index (χ0) is 26.0. The van der Waals surface area contributed by atoms with E-state index >= 15 is 0 Å². The van der Waals surface area contributed by atoms with Gasteiger partial charge >= 0.3 is 0 Å². The Bertz CT molecular complexity index is 1290. The van der Waals surface area contributed by atoms with E-state index in [0.29, 0.717) is 5.56 Å². The van der Waals surface area contributed by atoms with E-state index in [1.54, 1.807) is 16.4 Å². The molecular formula is C24H25F4N5O3. The molecular weight excluding hydrogens is 482 g/mol. The molecule has 0 bridgehead atoms. The van der Waals surface area contributed by atoms with Crippen molar-refractivity contribution in [3.63, 3.8) is 0 Å². The van der Waals surface area contributed by atoms with Gasteiger partial charge in [0, 0.05) is 50.1 Å². The van der Waals surface area contributed by atoms with Crippen LogP contribution in [0.15, 0.2) is 47.8 Å². The number of carbonyl (C=O) groups is 1. The van der Waals surface area contributed by atoms with Crippen molar-refractivity contribution in [2.75, 3.05) is 18.4 Å². The molecule has 2 atom stereocenters. The molecule has 3 N–H and O–H groups in total. The van der Waals surface area contributed by atoms with E-state index < -0.39 is 54.0 Å². The molecule has 1 aliphatic heterocycles. The number of nitrogens with one attached hydrogen (secondary N) is 2. The molecule has 12 heteroatoms. The minimum Gasteiger partial charge on any atom is -0.391 e. The number of H-pyrrole nitrogens is 1. The SMILES string of the molecule is C[C@@H](C(=O)Nc1cn(Cc2cc(F)cc(F)c2)cn1)N1CCC(F)(F)[C@H](c2c[nH]c(=O)c(CO)c2)C1. The summed E-state index contributed by atoms with van der Waals surface area (Å²) in [5.41, 5.74) is -0.00809. The van der Waals surface area contributed by atoms with Gasteiger partial charge in [-0.1, -0.05) is 0 Å². The molecule has 0 saturated carbocycles. The number of benzene rings is 1. The van der Waals surface area contributed by atoms with Gasteiger partial charge in [0.25, 0.3) is 11.5 Å². The number of aromatic nitrogens is 3. The molecule has 1 fully saturated rings. The van der Waals surface area contributed by atoms with Crippen LogP contribution >= 0.6 is 0 Å². The van der Waals surface area contributed by atoms with E-state index in [9.17, 15) is 32.3 Å². The first-order chi connectivity index (χ1) is 17.1. The lowest BCUT2D eigenvalue weighted by Gasteiger charge is -2.40. The van der Waals surface area contributed by atoms with Crippen LogP contribution in [0.3, 0.4) is 0 Å². The first-order valence-corrected chi connectivity index (χ1v) is 11.3. The lowest BCUT2D eigenvalue weighted by atomic mass is 9.86. The number of likely N-dealkylation sites (tertiary alicyclic amines) is 1. The Kier molecular flexibility index (Phi) is 7.27. The minimum absolute atomic E-state index is 0.0113. The highest BCUT2D eigenvalue weighted by Crippen LogP contribution is 2.40. The Morgan fingerprint density at radius 3 is 2.69 bits per heavy atom. The number of anilines is 1. The van der Waals surface area contributed by atoms with Crippen LogP contribution in [0, 0.1) is 11.6 Å². The van der Waals surface area contributed by atoms with Crippen LogP contribution < -0.4 is 10.9 Å². The molecule has 1 amide bonds. The monoisotopic (exact) mass is 507 g/mol. The van der Waals surface area contributed by atoms with Crippen molar-refractivity contribution >= 4 is 11.7 Å². The van der Waals surface area contributed by atoms with Crippen LogP contribution in [0.2, 0.25) is 0 Å². The van der Waals surface area contributed by atoms with Gasteiger partial charge in [-0.15, -0.1) is 0 Å².